The number of hydrogen-bond donors (Lipinski definition) is 1. The summed E-state index contributed by atoms with van der Waals surface area (Å²) in [5, 5.41) is 9.10. The van der Waals surface area contributed by atoms with Gasteiger partial charge in [0.2, 0.25) is 0 Å². The number of phenolic OH excluding ortho intramolecular Hbond substituents is 1. The van der Waals surface area contributed by atoms with Crippen molar-refractivity contribution in [1.82, 2.24) is 0 Å². The van der Waals surface area contributed by atoms with Crippen LogP contribution in [0.3, 0.4) is 0 Å². The summed E-state index contributed by atoms with van der Waals surface area (Å²) in [6.45, 7) is 0. The molecule has 1 N–H and O–H groups in total. The van der Waals surface area contributed by atoms with Crippen LogP contribution in [0.4, 0.5) is 0 Å². The Labute approximate surface area is 76.8 Å². The monoisotopic (exact) mass is 286 g/mol. The molecule has 2 radical (unpaired) electrons. The summed E-state index contributed by atoms with van der Waals surface area (Å²) in [6, 6.07) is 5.56. The zero-order valence-corrected chi connectivity index (χ0v) is 9.52. The molecule has 0 unspecified atom stereocenters. The van der Waals surface area contributed by atoms with Crippen LogP contribution in [0.25, 0.3) is 0 Å². The van der Waals surface area contributed by atoms with Crippen molar-refractivity contribution in [2.45, 2.75) is 0 Å². The van der Waals surface area contributed by atoms with Crippen LogP contribution in [-0.2, 0) is 0 Å². The van der Waals surface area contributed by atoms with Gasteiger partial charge in [0.05, 0.1) is 0 Å². The van der Waals surface area contributed by atoms with E-state index in [-0.39, 0.29) is 0 Å². The zero-order valence-electron chi connectivity index (χ0n) is 4.63. The average molecular weight is 287 g/mol. The number of phenols is 1. The molecular formula is C6H4BrInO. The van der Waals surface area contributed by atoms with Gasteiger partial charge in [-0.05, 0) is 0 Å². The third-order valence-electron chi connectivity index (χ3n) is 0.992. The van der Waals surface area contributed by atoms with E-state index in [1.54, 1.807) is 6.07 Å². The summed E-state index contributed by atoms with van der Waals surface area (Å²) in [5.41, 5.74) is 0. The van der Waals surface area contributed by atoms with Gasteiger partial charge in [-0.15, -0.1) is 0 Å². The van der Waals surface area contributed by atoms with Gasteiger partial charge in [-0.2, -0.15) is 0 Å². The van der Waals surface area contributed by atoms with Crippen molar-refractivity contribution in [3.05, 3.63) is 22.7 Å². The fraction of sp³-hybridized carbons (Fsp3) is 0. The summed E-state index contributed by atoms with van der Waals surface area (Å²) in [7, 11) is 0. The number of halogens is 1. The van der Waals surface area contributed by atoms with Gasteiger partial charge in [-0.25, -0.2) is 0 Å². The van der Waals surface area contributed by atoms with Crippen molar-refractivity contribution in [2.75, 3.05) is 0 Å². The van der Waals surface area contributed by atoms with E-state index >= 15 is 0 Å². The van der Waals surface area contributed by atoms with Crippen LogP contribution >= 0.6 is 15.9 Å². The molecule has 1 aromatic carbocycles. The maximum atomic E-state index is 9.10. The van der Waals surface area contributed by atoms with E-state index in [1.165, 1.54) is 0 Å². The van der Waals surface area contributed by atoms with E-state index in [2.05, 4.69) is 15.9 Å². The minimum atomic E-state index is 0.395. The number of rotatable bonds is 0. The van der Waals surface area contributed by atoms with Crippen LogP contribution in [-0.4, -0.2) is 29.5 Å². The SMILES string of the molecule is Oc1cc(Br)cc[c]1[In]. The van der Waals surface area contributed by atoms with E-state index in [4.69, 9.17) is 5.11 Å². The molecule has 0 spiro atoms. The van der Waals surface area contributed by atoms with E-state index < -0.39 is 0 Å². The van der Waals surface area contributed by atoms with Crippen LogP contribution in [0.2, 0.25) is 0 Å². The molecule has 0 aliphatic heterocycles. The molecule has 0 atom stereocenters. The maximum absolute atomic E-state index is 9.10. The molecule has 0 saturated heterocycles. The van der Waals surface area contributed by atoms with Gasteiger partial charge in [0.25, 0.3) is 0 Å². The molecule has 3 heteroatoms. The quantitative estimate of drug-likeness (QED) is 0.753. The van der Waals surface area contributed by atoms with Crippen LogP contribution < -0.4 is 3.32 Å². The first-order chi connectivity index (χ1) is 4.20. The third kappa shape index (κ3) is 1.90. The van der Waals surface area contributed by atoms with Crippen LogP contribution in [0.1, 0.15) is 0 Å². The number of hydrogen-bond acceptors (Lipinski definition) is 1. The van der Waals surface area contributed by atoms with Crippen LogP contribution in [0, 0.1) is 0 Å². The first-order valence-electron chi connectivity index (χ1n) is 2.44. The second-order valence-electron chi connectivity index (χ2n) is 1.70. The molecule has 0 aliphatic carbocycles. The summed E-state index contributed by atoms with van der Waals surface area (Å²) < 4.78 is 1.96. The molecule has 9 heavy (non-hydrogen) atoms. The van der Waals surface area contributed by atoms with Crippen LogP contribution in [0.15, 0.2) is 22.7 Å². The Kier molecular flexibility index (Phi) is 2.47. The number of benzene rings is 1. The molecule has 44 valence electrons. The fourth-order valence-corrected chi connectivity index (χ4v) is 1.38. The Morgan fingerprint density at radius 2 is 2.11 bits per heavy atom. The molecular weight excluding hydrogens is 283 g/mol. The Bertz CT molecular complexity index is 224. The Morgan fingerprint density at radius 1 is 1.44 bits per heavy atom. The molecule has 0 aromatic heterocycles. The molecule has 0 fully saturated rings. The zero-order chi connectivity index (χ0) is 6.85. The van der Waals surface area contributed by atoms with E-state index in [1.807, 2.05) is 12.1 Å². The predicted molar refractivity (Wildman–Crippen MR) is 41.2 cm³/mol. The normalized spacial score (nSPS) is 9.44. The minimum absolute atomic E-state index is 0.395. The van der Waals surface area contributed by atoms with Gasteiger partial charge >= 0.3 is 77.2 Å². The second kappa shape index (κ2) is 2.97. The Balaban J connectivity index is 3.17. The molecule has 0 bridgehead atoms. The van der Waals surface area contributed by atoms with Gasteiger partial charge in [0.15, 0.2) is 0 Å². The van der Waals surface area contributed by atoms with Gasteiger partial charge < -0.3 is 0 Å². The molecule has 0 heterocycles. The molecule has 1 aromatic rings. The Hall–Kier alpha value is 0.370. The second-order valence-corrected chi connectivity index (χ2v) is 4.39. The van der Waals surface area contributed by atoms with E-state index in [0.717, 1.165) is 32.2 Å². The van der Waals surface area contributed by atoms with Crippen molar-refractivity contribution in [1.29, 1.82) is 0 Å². The summed E-state index contributed by atoms with van der Waals surface area (Å²) in [5.74, 6) is 0.395. The first-order valence-corrected chi connectivity index (χ1v) is 4.88. The molecule has 1 rings (SSSR count). The van der Waals surface area contributed by atoms with E-state index in [9.17, 15) is 0 Å². The topological polar surface area (TPSA) is 20.2 Å². The molecule has 0 aliphatic rings. The van der Waals surface area contributed by atoms with Gasteiger partial charge in [-0.1, -0.05) is 0 Å². The van der Waals surface area contributed by atoms with Crippen molar-refractivity contribution in [3.8, 4) is 5.75 Å². The summed E-state index contributed by atoms with van der Waals surface area (Å²) in [4.78, 5) is 0. The number of aromatic hydroxyl groups is 1. The predicted octanol–water partition coefficient (Wildman–Crippen LogP) is 0.948. The van der Waals surface area contributed by atoms with Gasteiger partial charge in [-0.3, -0.25) is 0 Å². The molecule has 1 nitrogen and oxygen atoms in total. The van der Waals surface area contributed by atoms with Gasteiger partial charge in [0.1, 0.15) is 0 Å². The first kappa shape index (κ1) is 7.48. The molecule has 0 saturated carbocycles. The van der Waals surface area contributed by atoms with E-state index in [0.29, 0.717) is 5.75 Å². The van der Waals surface area contributed by atoms with Crippen molar-refractivity contribution >= 4 is 43.6 Å². The van der Waals surface area contributed by atoms with Crippen molar-refractivity contribution in [2.24, 2.45) is 0 Å². The van der Waals surface area contributed by atoms with Crippen molar-refractivity contribution in [3.63, 3.8) is 0 Å². The van der Waals surface area contributed by atoms with Gasteiger partial charge in [0, 0.05) is 0 Å². The fourth-order valence-electron chi connectivity index (χ4n) is 0.517. The van der Waals surface area contributed by atoms with Crippen molar-refractivity contribution < 1.29 is 5.11 Å². The third-order valence-corrected chi connectivity index (χ3v) is 2.88. The molecule has 0 amide bonds. The summed E-state index contributed by atoms with van der Waals surface area (Å²) in [6.07, 6.45) is 0. The summed E-state index contributed by atoms with van der Waals surface area (Å²) >= 11 is 4.22. The standard InChI is InChI=1S/C6H4BrO.In/c7-5-2-1-3-6(8)4-5;/h1-2,4,8H;. The van der Waals surface area contributed by atoms with Crippen LogP contribution in [0.5, 0.6) is 5.75 Å². The average Bonchev–Trinajstić information content (AvgIpc) is 1.80. The Morgan fingerprint density at radius 3 is 2.56 bits per heavy atom.